The van der Waals surface area contributed by atoms with Crippen LogP contribution < -0.4 is 16.0 Å². The second kappa shape index (κ2) is 11.9. The molecule has 2 rings (SSSR count). The highest BCUT2D eigenvalue weighted by Gasteiger charge is 2.18. The molecule has 30 heavy (non-hydrogen) atoms. The molecule has 0 saturated heterocycles. The summed E-state index contributed by atoms with van der Waals surface area (Å²) in [7, 11) is -1.89. The van der Waals surface area contributed by atoms with Crippen LogP contribution in [0.1, 0.15) is 5.56 Å². The summed E-state index contributed by atoms with van der Waals surface area (Å²) in [5.74, 6) is 0.564. The van der Waals surface area contributed by atoms with E-state index in [2.05, 4.69) is 20.9 Å². The quantitative estimate of drug-likeness (QED) is 0.112. The number of halogens is 2. The molecule has 0 aliphatic carbocycles. The maximum atomic E-state index is 11.6. The summed E-state index contributed by atoms with van der Waals surface area (Å²) < 4.78 is 23.2. The summed E-state index contributed by atoms with van der Waals surface area (Å²) in [6, 6.07) is 11.2. The summed E-state index contributed by atoms with van der Waals surface area (Å²) in [6.45, 7) is 1.32. The van der Waals surface area contributed by atoms with E-state index in [0.29, 0.717) is 30.6 Å². The van der Waals surface area contributed by atoms with E-state index in [0.717, 1.165) is 17.9 Å². The minimum atomic E-state index is -3.52. The molecule has 0 radical (unpaired) electrons. The molecular weight excluding hydrogens is 545 g/mol. The molecule has 2 aromatic rings. The number of hydrogen-bond donors (Lipinski definition) is 3. The number of aliphatic imine (C=N–C) groups is 1. The Labute approximate surface area is 197 Å². The Morgan fingerprint density at radius 2 is 1.90 bits per heavy atom. The van der Waals surface area contributed by atoms with Crippen molar-refractivity contribution in [2.24, 2.45) is 4.99 Å². The Hall–Kier alpha value is -2.12. The summed E-state index contributed by atoms with van der Waals surface area (Å²) in [6.07, 6.45) is 1.01. The van der Waals surface area contributed by atoms with Crippen molar-refractivity contribution >= 4 is 62.7 Å². The standard InChI is InChI=1S/C18H22ClN5O4S.HI/c1-20-18(23-12-13-4-3-5-14(19)10-13)22-9-8-21-16-7-6-15(29(2,27)28)11-17(16)24(25)26;/h3-7,10-11,21H,8-9,12H2,1-2H3,(H2,20,22,23);1H. The third-order valence-corrected chi connectivity index (χ3v) is 5.24. The molecule has 0 aliphatic heterocycles. The first-order chi connectivity index (χ1) is 13.7. The second-order valence-corrected chi connectivity index (χ2v) is 8.57. The van der Waals surface area contributed by atoms with Crippen LogP contribution in [0.2, 0.25) is 5.02 Å². The number of nitro benzene ring substituents is 1. The van der Waals surface area contributed by atoms with Crippen LogP contribution in [0.5, 0.6) is 0 Å². The monoisotopic (exact) mass is 567 g/mol. The lowest BCUT2D eigenvalue weighted by Crippen LogP contribution is -2.39. The van der Waals surface area contributed by atoms with Crippen LogP contribution in [0.4, 0.5) is 11.4 Å². The van der Waals surface area contributed by atoms with Crippen molar-refractivity contribution in [2.75, 3.05) is 31.7 Å². The molecule has 0 aromatic heterocycles. The number of nitro groups is 1. The van der Waals surface area contributed by atoms with Gasteiger partial charge in [-0.3, -0.25) is 15.1 Å². The largest absolute Gasteiger partial charge is 0.378 e. The first-order valence-electron chi connectivity index (χ1n) is 8.62. The van der Waals surface area contributed by atoms with Gasteiger partial charge in [-0.2, -0.15) is 0 Å². The van der Waals surface area contributed by atoms with Gasteiger partial charge in [0, 0.05) is 44.0 Å². The number of sulfone groups is 1. The first kappa shape index (κ1) is 25.9. The molecule has 0 saturated carbocycles. The lowest BCUT2D eigenvalue weighted by atomic mass is 10.2. The van der Waals surface area contributed by atoms with Crippen LogP contribution in [-0.2, 0) is 16.4 Å². The van der Waals surface area contributed by atoms with Gasteiger partial charge < -0.3 is 16.0 Å². The van der Waals surface area contributed by atoms with Crippen molar-refractivity contribution in [1.82, 2.24) is 10.6 Å². The molecule has 0 atom stereocenters. The Bertz CT molecular complexity index is 1020. The third kappa shape index (κ3) is 7.95. The van der Waals surface area contributed by atoms with E-state index in [1.165, 1.54) is 12.1 Å². The van der Waals surface area contributed by atoms with E-state index in [1.807, 2.05) is 18.2 Å². The fraction of sp³-hybridized carbons (Fsp3) is 0.278. The SMILES string of the molecule is CN=C(NCCNc1ccc(S(C)(=O)=O)cc1[N+](=O)[O-])NCc1cccc(Cl)c1.I. The lowest BCUT2D eigenvalue weighted by molar-refractivity contribution is -0.384. The van der Waals surface area contributed by atoms with E-state index in [9.17, 15) is 18.5 Å². The molecule has 12 heteroatoms. The molecule has 9 nitrogen and oxygen atoms in total. The highest BCUT2D eigenvalue weighted by molar-refractivity contribution is 14.0. The average Bonchev–Trinajstić information content (AvgIpc) is 2.66. The molecule has 164 valence electrons. The summed E-state index contributed by atoms with van der Waals surface area (Å²) in [4.78, 5) is 14.6. The van der Waals surface area contributed by atoms with Crippen LogP contribution >= 0.6 is 35.6 Å². The number of nitrogens with zero attached hydrogens (tertiary/aromatic N) is 2. The van der Waals surface area contributed by atoms with Gasteiger partial charge >= 0.3 is 0 Å². The van der Waals surface area contributed by atoms with Crippen LogP contribution in [-0.4, -0.2) is 45.7 Å². The molecule has 0 fully saturated rings. The van der Waals surface area contributed by atoms with Gasteiger partial charge in [-0.1, -0.05) is 23.7 Å². The predicted octanol–water partition coefficient (Wildman–Crippen LogP) is 3.05. The smallest absolute Gasteiger partial charge is 0.293 e. The zero-order chi connectivity index (χ0) is 21.4. The molecule has 0 amide bonds. The fourth-order valence-electron chi connectivity index (χ4n) is 2.47. The van der Waals surface area contributed by atoms with Gasteiger partial charge in [0.25, 0.3) is 5.69 Å². The zero-order valence-electron chi connectivity index (χ0n) is 16.4. The Kier molecular flexibility index (Phi) is 10.3. The minimum absolute atomic E-state index is 0. The van der Waals surface area contributed by atoms with Crippen molar-refractivity contribution in [3.8, 4) is 0 Å². The third-order valence-electron chi connectivity index (χ3n) is 3.90. The summed E-state index contributed by atoms with van der Waals surface area (Å²) in [5.41, 5.74) is 0.947. The van der Waals surface area contributed by atoms with Gasteiger partial charge in [-0.15, -0.1) is 24.0 Å². The van der Waals surface area contributed by atoms with E-state index < -0.39 is 14.8 Å². The van der Waals surface area contributed by atoms with Gasteiger partial charge in [0.1, 0.15) is 5.69 Å². The zero-order valence-corrected chi connectivity index (χ0v) is 20.3. The van der Waals surface area contributed by atoms with Crippen LogP contribution in [0.3, 0.4) is 0 Å². The maximum Gasteiger partial charge on any atom is 0.293 e. The normalized spacial score (nSPS) is 11.4. The lowest BCUT2D eigenvalue weighted by Gasteiger charge is -2.13. The molecule has 2 aromatic carbocycles. The van der Waals surface area contributed by atoms with E-state index in [4.69, 9.17) is 11.6 Å². The molecule has 0 heterocycles. The van der Waals surface area contributed by atoms with Crippen molar-refractivity contribution in [2.45, 2.75) is 11.4 Å². The van der Waals surface area contributed by atoms with Crippen molar-refractivity contribution in [3.05, 3.63) is 63.2 Å². The molecular formula is C18H23ClIN5O4S. The highest BCUT2D eigenvalue weighted by Crippen LogP contribution is 2.27. The van der Waals surface area contributed by atoms with E-state index in [-0.39, 0.29) is 40.2 Å². The topological polar surface area (TPSA) is 126 Å². The Morgan fingerprint density at radius 3 is 2.50 bits per heavy atom. The van der Waals surface area contributed by atoms with E-state index in [1.54, 1.807) is 13.1 Å². The van der Waals surface area contributed by atoms with Crippen molar-refractivity contribution < 1.29 is 13.3 Å². The fourth-order valence-corrected chi connectivity index (χ4v) is 3.33. The molecule has 3 N–H and O–H groups in total. The number of anilines is 1. The Balaban J connectivity index is 0.00000450. The number of guanidine groups is 1. The van der Waals surface area contributed by atoms with Gasteiger partial charge in [-0.05, 0) is 29.8 Å². The number of nitrogens with one attached hydrogen (secondary N) is 3. The minimum Gasteiger partial charge on any atom is -0.378 e. The maximum absolute atomic E-state index is 11.6. The first-order valence-corrected chi connectivity index (χ1v) is 10.9. The number of rotatable bonds is 8. The van der Waals surface area contributed by atoms with Crippen LogP contribution in [0, 0.1) is 10.1 Å². The molecule has 0 bridgehead atoms. The van der Waals surface area contributed by atoms with Crippen molar-refractivity contribution in [3.63, 3.8) is 0 Å². The predicted molar refractivity (Wildman–Crippen MR) is 130 cm³/mol. The average molecular weight is 568 g/mol. The Morgan fingerprint density at radius 1 is 1.17 bits per heavy atom. The van der Waals surface area contributed by atoms with Crippen LogP contribution in [0.25, 0.3) is 0 Å². The van der Waals surface area contributed by atoms with Gasteiger partial charge in [0.05, 0.1) is 9.82 Å². The highest BCUT2D eigenvalue weighted by atomic mass is 127. The number of hydrogen-bond acceptors (Lipinski definition) is 6. The molecule has 0 aliphatic rings. The van der Waals surface area contributed by atoms with Crippen molar-refractivity contribution in [1.29, 1.82) is 0 Å². The number of benzene rings is 2. The van der Waals surface area contributed by atoms with Gasteiger partial charge in [0.2, 0.25) is 0 Å². The van der Waals surface area contributed by atoms with Crippen LogP contribution in [0.15, 0.2) is 52.4 Å². The van der Waals surface area contributed by atoms with Gasteiger partial charge in [-0.25, -0.2) is 8.42 Å². The molecule has 0 spiro atoms. The second-order valence-electron chi connectivity index (χ2n) is 6.12. The molecule has 0 unspecified atom stereocenters. The van der Waals surface area contributed by atoms with E-state index >= 15 is 0 Å². The van der Waals surface area contributed by atoms with Gasteiger partial charge in [0.15, 0.2) is 15.8 Å². The summed E-state index contributed by atoms with van der Waals surface area (Å²) in [5, 5.41) is 21.1. The summed E-state index contributed by atoms with van der Waals surface area (Å²) >= 11 is 5.96.